The molecule has 0 radical (unpaired) electrons. The molecule has 2 aliphatic rings. The SMILES string of the molecule is COc1cc(CCC(=O)N(C)C2CC3CCC(C2)N3)cc(OC)c1OC.Cl. The van der Waals surface area contributed by atoms with E-state index in [1.165, 1.54) is 12.8 Å². The Bertz CT molecular complexity index is 618. The van der Waals surface area contributed by atoms with E-state index in [4.69, 9.17) is 14.2 Å². The summed E-state index contributed by atoms with van der Waals surface area (Å²) in [5.74, 6) is 2.02. The summed E-state index contributed by atoms with van der Waals surface area (Å²) in [5.41, 5.74) is 1.01. The maximum atomic E-state index is 12.7. The van der Waals surface area contributed by atoms with E-state index < -0.39 is 0 Å². The zero-order valence-electron chi connectivity index (χ0n) is 16.6. The first kappa shape index (κ1) is 21.6. The number of hydrogen-bond donors (Lipinski definition) is 1. The predicted molar refractivity (Wildman–Crippen MR) is 107 cm³/mol. The summed E-state index contributed by atoms with van der Waals surface area (Å²) in [5, 5.41) is 3.63. The van der Waals surface area contributed by atoms with Crippen molar-refractivity contribution in [1.29, 1.82) is 0 Å². The molecule has 0 aromatic heterocycles. The number of fused-ring (bicyclic) bond motifs is 2. The number of rotatable bonds is 7. The van der Waals surface area contributed by atoms with E-state index in [0.717, 1.165) is 18.4 Å². The van der Waals surface area contributed by atoms with Gasteiger partial charge in [-0.3, -0.25) is 4.79 Å². The zero-order chi connectivity index (χ0) is 18.7. The van der Waals surface area contributed by atoms with Crippen LogP contribution < -0.4 is 19.5 Å². The molecule has 0 spiro atoms. The summed E-state index contributed by atoms with van der Waals surface area (Å²) >= 11 is 0. The van der Waals surface area contributed by atoms with Gasteiger partial charge in [0.25, 0.3) is 0 Å². The standard InChI is InChI=1S/C20H30N2O4.ClH/c1-22(16-11-14-6-7-15(12-16)21-14)19(23)8-5-13-9-17(24-2)20(26-4)18(10-13)25-3;/h9-10,14-16,21H,5-8,11-12H2,1-4H3;1H. The van der Waals surface area contributed by atoms with Gasteiger partial charge in [0.15, 0.2) is 11.5 Å². The lowest BCUT2D eigenvalue weighted by Gasteiger charge is -2.35. The lowest BCUT2D eigenvalue weighted by Crippen LogP contribution is -2.48. The van der Waals surface area contributed by atoms with Gasteiger partial charge in [-0.2, -0.15) is 0 Å². The number of nitrogens with one attached hydrogen (secondary N) is 1. The maximum absolute atomic E-state index is 12.7. The van der Waals surface area contributed by atoms with Gasteiger partial charge in [0.05, 0.1) is 21.3 Å². The molecule has 0 aliphatic carbocycles. The van der Waals surface area contributed by atoms with E-state index in [-0.39, 0.29) is 18.3 Å². The van der Waals surface area contributed by atoms with Crippen molar-refractivity contribution in [2.75, 3.05) is 28.4 Å². The lowest BCUT2D eigenvalue weighted by atomic mass is 9.98. The molecule has 6 nitrogen and oxygen atoms in total. The molecule has 7 heteroatoms. The normalized spacial score (nSPS) is 23.3. The smallest absolute Gasteiger partial charge is 0.222 e. The Hall–Kier alpha value is -1.66. The van der Waals surface area contributed by atoms with Gasteiger partial charge in [-0.1, -0.05) is 0 Å². The van der Waals surface area contributed by atoms with Crippen LogP contribution >= 0.6 is 12.4 Å². The van der Waals surface area contributed by atoms with E-state index in [0.29, 0.717) is 48.2 Å². The highest BCUT2D eigenvalue weighted by molar-refractivity contribution is 5.85. The fourth-order valence-electron chi connectivity index (χ4n) is 4.25. The third-order valence-corrected chi connectivity index (χ3v) is 5.74. The molecule has 2 unspecified atom stereocenters. The van der Waals surface area contributed by atoms with E-state index in [1.807, 2.05) is 24.1 Å². The Balaban J connectivity index is 0.00000261. The average Bonchev–Trinajstić information content (AvgIpc) is 3.01. The summed E-state index contributed by atoms with van der Waals surface area (Å²) in [4.78, 5) is 14.7. The van der Waals surface area contributed by atoms with Gasteiger partial charge in [-0.15, -0.1) is 12.4 Å². The van der Waals surface area contributed by atoms with Gasteiger partial charge >= 0.3 is 0 Å². The molecule has 3 rings (SSSR count). The Morgan fingerprint density at radius 3 is 2.11 bits per heavy atom. The van der Waals surface area contributed by atoms with E-state index in [9.17, 15) is 4.79 Å². The number of carbonyl (C=O) groups excluding carboxylic acids is 1. The number of nitrogens with zero attached hydrogens (tertiary/aromatic N) is 1. The summed E-state index contributed by atoms with van der Waals surface area (Å²) in [7, 11) is 6.74. The minimum Gasteiger partial charge on any atom is -0.493 e. The first-order valence-electron chi connectivity index (χ1n) is 9.36. The molecule has 27 heavy (non-hydrogen) atoms. The number of amides is 1. The van der Waals surface area contributed by atoms with Crippen molar-refractivity contribution < 1.29 is 19.0 Å². The molecule has 2 bridgehead atoms. The number of carbonyl (C=O) groups is 1. The Kier molecular flexibility index (Phi) is 7.62. The fraction of sp³-hybridized carbons (Fsp3) is 0.650. The second-order valence-electron chi connectivity index (χ2n) is 7.30. The first-order chi connectivity index (χ1) is 12.5. The van der Waals surface area contributed by atoms with E-state index >= 15 is 0 Å². The van der Waals surface area contributed by atoms with Crippen molar-refractivity contribution >= 4 is 18.3 Å². The van der Waals surface area contributed by atoms with Crippen molar-refractivity contribution in [1.82, 2.24) is 10.2 Å². The van der Waals surface area contributed by atoms with Crippen LogP contribution in [0.5, 0.6) is 17.2 Å². The van der Waals surface area contributed by atoms with Crippen molar-refractivity contribution in [3.63, 3.8) is 0 Å². The number of piperidine rings is 1. The van der Waals surface area contributed by atoms with Gasteiger partial charge in [-0.25, -0.2) is 0 Å². The zero-order valence-corrected chi connectivity index (χ0v) is 17.4. The van der Waals surface area contributed by atoms with Crippen LogP contribution in [-0.4, -0.2) is 57.3 Å². The van der Waals surface area contributed by atoms with Gasteiger partial charge < -0.3 is 24.4 Å². The largest absolute Gasteiger partial charge is 0.493 e. The summed E-state index contributed by atoms with van der Waals surface area (Å²) in [6.45, 7) is 0. The lowest BCUT2D eigenvalue weighted by molar-refractivity contribution is -0.132. The van der Waals surface area contributed by atoms with Gasteiger partial charge in [0.2, 0.25) is 11.7 Å². The van der Waals surface area contributed by atoms with Crippen LogP contribution in [0.3, 0.4) is 0 Å². The topological polar surface area (TPSA) is 60.0 Å². The van der Waals surface area contributed by atoms with Gasteiger partial charge in [0, 0.05) is 31.6 Å². The second-order valence-corrected chi connectivity index (χ2v) is 7.30. The van der Waals surface area contributed by atoms with Crippen molar-refractivity contribution in [3.8, 4) is 17.2 Å². The molecule has 0 saturated carbocycles. The monoisotopic (exact) mass is 398 g/mol. The third-order valence-electron chi connectivity index (χ3n) is 5.74. The molecule has 2 aliphatic heterocycles. The summed E-state index contributed by atoms with van der Waals surface area (Å²) in [6.07, 6.45) is 5.77. The van der Waals surface area contributed by atoms with Crippen molar-refractivity contribution in [2.45, 2.75) is 56.7 Å². The molecule has 1 aromatic carbocycles. The minimum atomic E-state index is 0. The van der Waals surface area contributed by atoms with Crippen LogP contribution in [0.2, 0.25) is 0 Å². The predicted octanol–water partition coefficient (Wildman–Crippen LogP) is 2.81. The second kappa shape index (κ2) is 9.51. The van der Waals surface area contributed by atoms with Crippen LogP contribution in [0.15, 0.2) is 12.1 Å². The number of hydrogen-bond acceptors (Lipinski definition) is 5. The maximum Gasteiger partial charge on any atom is 0.222 e. The molecule has 152 valence electrons. The fourth-order valence-corrected chi connectivity index (χ4v) is 4.25. The molecule has 2 heterocycles. The van der Waals surface area contributed by atoms with Crippen LogP contribution in [0.1, 0.15) is 37.7 Å². The van der Waals surface area contributed by atoms with E-state index in [1.54, 1.807) is 21.3 Å². The van der Waals surface area contributed by atoms with Crippen LogP contribution in [-0.2, 0) is 11.2 Å². The molecular weight excluding hydrogens is 368 g/mol. The Labute approximate surface area is 167 Å². The number of methoxy groups -OCH3 is 3. The number of halogens is 1. The number of aryl methyl sites for hydroxylation is 1. The molecule has 2 atom stereocenters. The van der Waals surface area contributed by atoms with Crippen LogP contribution in [0.25, 0.3) is 0 Å². The average molecular weight is 399 g/mol. The highest BCUT2D eigenvalue weighted by Gasteiger charge is 2.36. The summed E-state index contributed by atoms with van der Waals surface area (Å²) < 4.78 is 16.1. The first-order valence-corrected chi connectivity index (χ1v) is 9.36. The molecule has 2 fully saturated rings. The molecule has 1 amide bonds. The van der Waals surface area contributed by atoms with Crippen LogP contribution in [0, 0.1) is 0 Å². The quantitative estimate of drug-likeness (QED) is 0.765. The number of benzene rings is 1. The van der Waals surface area contributed by atoms with Gasteiger partial charge in [-0.05, 0) is 49.8 Å². The van der Waals surface area contributed by atoms with Crippen molar-refractivity contribution in [2.24, 2.45) is 0 Å². The summed E-state index contributed by atoms with van der Waals surface area (Å²) in [6, 6.07) is 5.37. The molecule has 1 aromatic rings. The Morgan fingerprint density at radius 2 is 1.63 bits per heavy atom. The molecular formula is C20H31ClN2O4. The highest BCUT2D eigenvalue weighted by atomic mass is 35.5. The van der Waals surface area contributed by atoms with Gasteiger partial charge in [0.1, 0.15) is 0 Å². The Morgan fingerprint density at radius 1 is 1.07 bits per heavy atom. The van der Waals surface area contributed by atoms with E-state index in [2.05, 4.69) is 5.32 Å². The van der Waals surface area contributed by atoms with Crippen LogP contribution in [0.4, 0.5) is 0 Å². The molecule has 2 saturated heterocycles. The highest BCUT2D eigenvalue weighted by Crippen LogP contribution is 2.38. The minimum absolute atomic E-state index is 0. The number of ether oxygens (including phenoxy) is 3. The third kappa shape index (κ3) is 4.79. The molecule has 1 N–H and O–H groups in total. The van der Waals surface area contributed by atoms with Crippen molar-refractivity contribution in [3.05, 3.63) is 17.7 Å².